The molecule has 2 rings (SSSR count). The maximum atomic E-state index is 7.01. The van der Waals surface area contributed by atoms with Gasteiger partial charge in [0.1, 0.15) is 0 Å². The van der Waals surface area contributed by atoms with Crippen molar-refractivity contribution in [3.05, 3.63) is 65.3 Å². The number of hydrogen-bond acceptors (Lipinski definition) is 1. The van der Waals surface area contributed by atoms with Crippen LogP contribution in [0.2, 0.25) is 0 Å². The Labute approximate surface area is 99.8 Å². The van der Waals surface area contributed by atoms with E-state index in [0.29, 0.717) is 17.1 Å². The highest BCUT2D eigenvalue weighted by atomic mass is 14.7. The SMILES string of the molecule is [C-]#[N+]c1cc([N+]#[C-])cc(-c2cccc(N)c2)c1. The molecular formula is C14H9N3. The zero-order chi connectivity index (χ0) is 12.3. The number of nitrogen functional groups attached to an aromatic ring is 1. The molecule has 0 aliphatic carbocycles. The fourth-order valence-electron chi connectivity index (χ4n) is 1.61. The largest absolute Gasteiger partial charge is 0.399 e. The van der Waals surface area contributed by atoms with Crippen LogP contribution >= 0.6 is 0 Å². The van der Waals surface area contributed by atoms with Gasteiger partial charge >= 0.3 is 0 Å². The lowest BCUT2D eigenvalue weighted by molar-refractivity contribution is 1.62. The molecule has 0 amide bonds. The summed E-state index contributed by atoms with van der Waals surface area (Å²) in [5, 5.41) is 0. The summed E-state index contributed by atoms with van der Waals surface area (Å²) in [5.41, 5.74) is 9.08. The first-order valence-electron chi connectivity index (χ1n) is 4.99. The molecule has 3 nitrogen and oxygen atoms in total. The fraction of sp³-hybridized carbons (Fsp3) is 0. The number of nitrogens with zero attached hydrogens (tertiary/aromatic N) is 2. The molecule has 3 heteroatoms. The van der Waals surface area contributed by atoms with Crippen molar-refractivity contribution in [2.24, 2.45) is 0 Å². The van der Waals surface area contributed by atoms with E-state index >= 15 is 0 Å². The minimum atomic E-state index is 0.468. The Hall–Kier alpha value is -2.78. The molecule has 0 aromatic heterocycles. The molecule has 0 saturated carbocycles. The summed E-state index contributed by atoms with van der Waals surface area (Å²) >= 11 is 0. The standard InChI is InChI=1S/C14H9N3/c1-16-13-7-11(8-14(9-13)17-2)10-4-3-5-12(15)6-10/h3-9H,15H2. The predicted octanol–water partition coefficient (Wildman–Crippen LogP) is 4.04. The average Bonchev–Trinajstić information content (AvgIpc) is 2.38. The van der Waals surface area contributed by atoms with Crippen LogP contribution < -0.4 is 5.73 Å². The Bertz CT molecular complexity index is 613. The molecule has 0 fully saturated rings. The van der Waals surface area contributed by atoms with Crippen molar-refractivity contribution in [2.45, 2.75) is 0 Å². The zero-order valence-electron chi connectivity index (χ0n) is 9.01. The van der Waals surface area contributed by atoms with Crippen LogP contribution in [0.4, 0.5) is 17.1 Å². The second-order valence-corrected chi connectivity index (χ2v) is 3.59. The van der Waals surface area contributed by atoms with Gasteiger partial charge in [0.2, 0.25) is 0 Å². The van der Waals surface area contributed by atoms with Crippen molar-refractivity contribution in [1.29, 1.82) is 0 Å². The lowest BCUT2D eigenvalue weighted by Crippen LogP contribution is -1.84. The van der Waals surface area contributed by atoms with E-state index in [-0.39, 0.29) is 0 Å². The Kier molecular flexibility index (Phi) is 2.77. The van der Waals surface area contributed by atoms with Crippen LogP contribution in [0.3, 0.4) is 0 Å². The van der Waals surface area contributed by atoms with Crippen LogP contribution in [0.15, 0.2) is 42.5 Å². The smallest absolute Gasteiger partial charge is 0.177 e. The maximum absolute atomic E-state index is 7.01. The van der Waals surface area contributed by atoms with E-state index in [0.717, 1.165) is 11.1 Å². The number of benzene rings is 2. The lowest BCUT2D eigenvalue weighted by atomic mass is 10.0. The van der Waals surface area contributed by atoms with E-state index < -0.39 is 0 Å². The first-order chi connectivity index (χ1) is 8.22. The summed E-state index contributed by atoms with van der Waals surface area (Å²) in [5.74, 6) is 0. The van der Waals surface area contributed by atoms with Crippen LogP contribution in [0.1, 0.15) is 0 Å². The van der Waals surface area contributed by atoms with Crippen molar-refractivity contribution >= 4 is 17.1 Å². The van der Waals surface area contributed by atoms with Crippen molar-refractivity contribution < 1.29 is 0 Å². The summed E-state index contributed by atoms with van der Waals surface area (Å²) in [6.45, 7) is 14.0. The summed E-state index contributed by atoms with van der Waals surface area (Å²) in [6, 6.07) is 12.5. The first-order valence-corrected chi connectivity index (χ1v) is 4.99. The summed E-state index contributed by atoms with van der Waals surface area (Å²) in [4.78, 5) is 6.73. The molecule has 0 bridgehead atoms. The normalized spacial score (nSPS) is 9.29. The summed E-state index contributed by atoms with van der Waals surface area (Å²) < 4.78 is 0. The topological polar surface area (TPSA) is 34.7 Å². The number of hydrogen-bond donors (Lipinski definition) is 1. The van der Waals surface area contributed by atoms with Crippen molar-refractivity contribution in [2.75, 3.05) is 5.73 Å². The van der Waals surface area contributed by atoms with Crippen LogP contribution in [0, 0.1) is 13.1 Å². The van der Waals surface area contributed by atoms with Gasteiger partial charge < -0.3 is 5.73 Å². The van der Waals surface area contributed by atoms with Gasteiger partial charge in [-0.25, -0.2) is 9.69 Å². The zero-order valence-corrected chi connectivity index (χ0v) is 9.01. The third kappa shape index (κ3) is 2.25. The Balaban J connectivity index is 2.60. The van der Waals surface area contributed by atoms with E-state index in [4.69, 9.17) is 18.9 Å². The van der Waals surface area contributed by atoms with Gasteiger partial charge in [-0.05, 0) is 23.3 Å². The first kappa shape index (κ1) is 10.7. The molecule has 0 aliphatic rings. The third-order valence-corrected chi connectivity index (χ3v) is 2.38. The van der Waals surface area contributed by atoms with Gasteiger partial charge in [-0.2, -0.15) is 0 Å². The highest BCUT2D eigenvalue weighted by Gasteiger charge is 2.03. The molecule has 0 spiro atoms. The van der Waals surface area contributed by atoms with Gasteiger partial charge in [-0.1, -0.05) is 30.3 Å². The van der Waals surface area contributed by atoms with Crippen LogP contribution in [0.25, 0.3) is 20.8 Å². The monoisotopic (exact) mass is 219 g/mol. The summed E-state index contributed by atoms with van der Waals surface area (Å²) in [7, 11) is 0. The highest BCUT2D eigenvalue weighted by Crippen LogP contribution is 2.30. The fourth-order valence-corrected chi connectivity index (χ4v) is 1.61. The molecule has 0 heterocycles. The number of rotatable bonds is 1. The molecule has 2 aromatic carbocycles. The van der Waals surface area contributed by atoms with Crippen molar-refractivity contribution in [3.63, 3.8) is 0 Å². The van der Waals surface area contributed by atoms with Gasteiger partial charge in [0, 0.05) is 5.69 Å². The second kappa shape index (κ2) is 4.38. The Morgan fingerprint density at radius 2 is 1.47 bits per heavy atom. The number of nitrogens with two attached hydrogens (primary N) is 1. The van der Waals surface area contributed by atoms with Crippen LogP contribution in [-0.2, 0) is 0 Å². The molecule has 0 atom stereocenters. The van der Waals surface area contributed by atoms with Crippen molar-refractivity contribution in [3.8, 4) is 11.1 Å². The molecule has 0 radical (unpaired) electrons. The average molecular weight is 219 g/mol. The lowest BCUT2D eigenvalue weighted by Gasteiger charge is -2.04. The van der Waals surface area contributed by atoms with Gasteiger partial charge in [0.05, 0.1) is 13.1 Å². The van der Waals surface area contributed by atoms with E-state index in [9.17, 15) is 0 Å². The molecule has 17 heavy (non-hydrogen) atoms. The number of anilines is 1. The summed E-state index contributed by atoms with van der Waals surface area (Å²) in [6.07, 6.45) is 0. The quantitative estimate of drug-likeness (QED) is 0.570. The van der Waals surface area contributed by atoms with Gasteiger partial charge in [0.25, 0.3) is 0 Å². The van der Waals surface area contributed by atoms with Crippen LogP contribution in [0.5, 0.6) is 0 Å². The van der Waals surface area contributed by atoms with Crippen LogP contribution in [-0.4, -0.2) is 0 Å². The third-order valence-electron chi connectivity index (χ3n) is 2.38. The molecule has 0 aliphatic heterocycles. The molecule has 0 unspecified atom stereocenters. The van der Waals surface area contributed by atoms with E-state index in [1.54, 1.807) is 24.3 Å². The van der Waals surface area contributed by atoms with E-state index in [2.05, 4.69) is 9.69 Å². The molecule has 2 aromatic rings. The van der Waals surface area contributed by atoms with Gasteiger partial charge in [-0.3, -0.25) is 0 Å². The van der Waals surface area contributed by atoms with E-state index in [1.807, 2.05) is 18.2 Å². The van der Waals surface area contributed by atoms with Crippen molar-refractivity contribution in [1.82, 2.24) is 0 Å². The van der Waals surface area contributed by atoms with E-state index in [1.165, 1.54) is 0 Å². The molecule has 2 N–H and O–H groups in total. The molecule has 80 valence electrons. The second-order valence-electron chi connectivity index (χ2n) is 3.59. The Morgan fingerprint density at radius 1 is 0.824 bits per heavy atom. The molecule has 0 saturated heterocycles. The maximum Gasteiger partial charge on any atom is 0.177 e. The highest BCUT2D eigenvalue weighted by molar-refractivity contribution is 5.76. The molecular weight excluding hydrogens is 210 g/mol. The Morgan fingerprint density at radius 3 is 2.00 bits per heavy atom. The minimum absolute atomic E-state index is 0.468. The van der Waals surface area contributed by atoms with Gasteiger partial charge in [-0.15, -0.1) is 0 Å². The van der Waals surface area contributed by atoms with Gasteiger partial charge in [0.15, 0.2) is 11.4 Å². The minimum Gasteiger partial charge on any atom is -0.399 e. The predicted molar refractivity (Wildman–Crippen MR) is 68.8 cm³/mol.